The zero-order valence-electron chi connectivity index (χ0n) is 18.5. The fourth-order valence-corrected chi connectivity index (χ4v) is 4.52. The molecule has 0 unspecified atom stereocenters. The monoisotopic (exact) mass is 486 g/mol. The van der Waals surface area contributed by atoms with Gasteiger partial charge in [0.15, 0.2) is 5.43 Å². The maximum atomic E-state index is 12.2. The fraction of sp³-hybridized carbons (Fsp3) is 0.208. The van der Waals surface area contributed by atoms with Gasteiger partial charge in [0, 0.05) is 67.3 Å². The molecule has 1 amide bonds. The number of halogens is 1. The number of pyridine rings is 2. The number of fused-ring (bicyclic) bond motifs is 1. The van der Waals surface area contributed by atoms with Crippen molar-refractivity contribution in [2.45, 2.75) is 18.9 Å². The molecule has 174 valence electrons. The van der Waals surface area contributed by atoms with E-state index in [0.29, 0.717) is 35.3 Å². The molecule has 1 aliphatic rings. The summed E-state index contributed by atoms with van der Waals surface area (Å²) in [6, 6.07) is 3.10. The van der Waals surface area contributed by atoms with Gasteiger partial charge in [-0.1, -0.05) is 18.2 Å². The Balaban J connectivity index is 1.55. The topological polar surface area (TPSA) is 123 Å². The Morgan fingerprint density at radius 1 is 1.26 bits per heavy atom. The molecule has 1 saturated heterocycles. The van der Waals surface area contributed by atoms with Crippen LogP contribution in [0.1, 0.15) is 24.4 Å². The van der Waals surface area contributed by atoms with Gasteiger partial charge >= 0.3 is 0 Å². The normalized spacial score (nSPS) is 15.7. The molecule has 4 aromatic rings. The summed E-state index contributed by atoms with van der Waals surface area (Å²) in [6.07, 6.45) is 12.4. The number of carbonyl (C=O) groups excluding carboxylic acids is 1. The van der Waals surface area contributed by atoms with E-state index in [9.17, 15) is 9.59 Å². The maximum absolute atomic E-state index is 12.2. The lowest BCUT2D eigenvalue weighted by Gasteiger charge is -2.32. The molecule has 1 fully saturated rings. The molecule has 0 radical (unpaired) electrons. The lowest BCUT2D eigenvalue weighted by Crippen LogP contribution is -2.40. The van der Waals surface area contributed by atoms with Crippen LogP contribution in [0.15, 0.2) is 60.7 Å². The summed E-state index contributed by atoms with van der Waals surface area (Å²) in [6.45, 7) is 4.77. The van der Waals surface area contributed by atoms with Crippen molar-refractivity contribution in [2.75, 3.05) is 13.1 Å². The SMILES string of the molecule is C=CC(=O)N1CCC[C@@H](n2nc(-c3cnc(-n4ccc(=O)c(C#N)c4)nc3)c3cncc(Cl)c32)C1. The minimum atomic E-state index is -0.363. The molecule has 0 aromatic carbocycles. The van der Waals surface area contributed by atoms with Gasteiger partial charge in [-0.2, -0.15) is 10.4 Å². The largest absolute Gasteiger partial charge is 0.337 e. The number of rotatable bonds is 4. The lowest BCUT2D eigenvalue weighted by molar-refractivity contribution is -0.127. The molecule has 1 aliphatic heterocycles. The molecule has 0 N–H and O–H groups in total. The quantitative estimate of drug-likeness (QED) is 0.406. The summed E-state index contributed by atoms with van der Waals surface area (Å²) in [5.41, 5.74) is 1.64. The standard InChI is InChI=1S/C24H19ClN8O2/c1-2-21(35)31-6-3-4-17(14-31)33-23-18(11-27-12-19(23)25)22(30-33)16-9-28-24(29-10-16)32-7-5-20(34)15(8-26)13-32/h2,5,7,9-13,17H,1,3-4,6,14H2/t17-/m1/s1. The van der Waals surface area contributed by atoms with Gasteiger partial charge in [0.05, 0.1) is 16.6 Å². The first-order valence-electron chi connectivity index (χ1n) is 10.9. The van der Waals surface area contributed by atoms with Crippen LogP contribution in [0.5, 0.6) is 0 Å². The number of carbonyl (C=O) groups is 1. The predicted octanol–water partition coefficient (Wildman–Crippen LogP) is 2.91. The highest BCUT2D eigenvalue weighted by Gasteiger charge is 2.27. The summed E-state index contributed by atoms with van der Waals surface area (Å²) < 4.78 is 3.37. The first kappa shape index (κ1) is 22.4. The van der Waals surface area contributed by atoms with Crippen LogP contribution in [0, 0.1) is 11.3 Å². The van der Waals surface area contributed by atoms with Crippen molar-refractivity contribution in [2.24, 2.45) is 0 Å². The zero-order chi connectivity index (χ0) is 24.5. The highest BCUT2D eigenvalue weighted by Crippen LogP contribution is 2.35. The number of nitriles is 1. The van der Waals surface area contributed by atoms with Crippen molar-refractivity contribution in [1.82, 2.24) is 34.2 Å². The summed E-state index contributed by atoms with van der Waals surface area (Å²) in [4.78, 5) is 38.7. The number of hydrogen-bond acceptors (Lipinski definition) is 7. The molecule has 5 rings (SSSR count). The third-order valence-corrected chi connectivity index (χ3v) is 6.25. The first-order chi connectivity index (χ1) is 17.0. The van der Waals surface area contributed by atoms with Gasteiger partial charge in [0.25, 0.3) is 0 Å². The van der Waals surface area contributed by atoms with E-state index in [2.05, 4.69) is 21.5 Å². The number of hydrogen-bond donors (Lipinski definition) is 0. The second-order valence-electron chi connectivity index (χ2n) is 8.11. The summed E-state index contributed by atoms with van der Waals surface area (Å²) in [5, 5.41) is 15.2. The average molecular weight is 487 g/mol. The van der Waals surface area contributed by atoms with Gasteiger partial charge in [-0.05, 0) is 18.9 Å². The van der Waals surface area contributed by atoms with Crippen LogP contribution in [0.25, 0.3) is 28.1 Å². The van der Waals surface area contributed by atoms with Crippen LogP contribution in [-0.4, -0.2) is 53.2 Å². The molecular weight excluding hydrogens is 468 g/mol. The van der Waals surface area contributed by atoms with Crippen molar-refractivity contribution in [3.8, 4) is 23.3 Å². The molecule has 10 nitrogen and oxygen atoms in total. The number of amides is 1. The van der Waals surface area contributed by atoms with Gasteiger partial charge in [0.2, 0.25) is 11.9 Å². The summed E-state index contributed by atoms with van der Waals surface area (Å²) in [5.74, 6) is 0.196. The van der Waals surface area contributed by atoms with Gasteiger partial charge in [-0.15, -0.1) is 0 Å². The predicted molar refractivity (Wildman–Crippen MR) is 129 cm³/mol. The lowest BCUT2D eigenvalue weighted by atomic mass is 10.1. The van der Waals surface area contributed by atoms with Crippen LogP contribution in [0.3, 0.4) is 0 Å². The van der Waals surface area contributed by atoms with Gasteiger partial charge < -0.3 is 4.90 Å². The van der Waals surface area contributed by atoms with Crippen molar-refractivity contribution >= 4 is 28.4 Å². The van der Waals surface area contributed by atoms with E-state index in [1.807, 2.05) is 10.8 Å². The van der Waals surface area contributed by atoms with E-state index in [4.69, 9.17) is 22.0 Å². The molecule has 1 atom stereocenters. The second-order valence-corrected chi connectivity index (χ2v) is 8.52. The average Bonchev–Trinajstić information content (AvgIpc) is 3.30. The zero-order valence-corrected chi connectivity index (χ0v) is 19.3. The summed E-state index contributed by atoms with van der Waals surface area (Å²) >= 11 is 6.55. The number of piperidine rings is 1. The number of likely N-dealkylation sites (tertiary alicyclic amines) is 1. The Labute approximate surface area is 204 Å². The van der Waals surface area contributed by atoms with Gasteiger partial charge in [0.1, 0.15) is 17.3 Å². The van der Waals surface area contributed by atoms with Crippen molar-refractivity contribution < 1.29 is 4.79 Å². The third kappa shape index (κ3) is 4.06. The minimum Gasteiger partial charge on any atom is -0.337 e. The Morgan fingerprint density at radius 2 is 2.06 bits per heavy atom. The molecular formula is C24H19ClN8O2. The Bertz CT molecular complexity index is 1550. The molecule has 0 spiro atoms. The van der Waals surface area contributed by atoms with Crippen molar-refractivity contribution in [1.29, 1.82) is 5.26 Å². The van der Waals surface area contributed by atoms with Crippen molar-refractivity contribution in [3.63, 3.8) is 0 Å². The van der Waals surface area contributed by atoms with Crippen LogP contribution in [0.2, 0.25) is 5.02 Å². The van der Waals surface area contributed by atoms with Crippen LogP contribution in [0.4, 0.5) is 0 Å². The van der Waals surface area contributed by atoms with E-state index in [1.165, 1.54) is 29.1 Å². The van der Waals surface area contributed by atoms with Crippen LogP contribution >= 0.6 is 11.6 Å². The van der Waals surface area contributed by atoms with E-state index in [1.54, 1.807) is 29.7 Å². The molecule has 11 heteroatoms. The van der Waals surface area contributed by atoms with E-state index in [0.717, 1.165) is 23.7 Å². The molecule has 0 saturated carbocycles. The Hall–Kier alpha value is -4.36. The highest BCUT2D eigenvalue weighted by atomic mass is 35.5. The van der Waals surface area contributed by atoms with E-state index < -0.39 is 0 Å². The van der Waals surface area contributed by atoms with E-state index >= 15 is 0 Å². The smallest absolute Gasteiger partial charge is 0.246 e. The number of aromatic nitrogens is 6. The van der Waals surface area contributed by atoms with Crippen molar-refractivity contribution in [3.05, 3.63) is 76.7 Å². The fourth-order valence-electron chi connectivity index (χ4n) is 4.28. The third-order valence-electron chi connectivity index (χ3n) is 5.98. The first-order valence-corrected chi connectivity index (χ1v) is 11.3. The maximum Gasteiger partial charge on any atom is 0.246 e. The van der Waals surface area contributed by atoms with Gasteiger partial charge in [-0.3, -0.25) is 23.8 Å². The molecule has 35 heavy (non-hydrogen) atoms. The molecule has 0 aliphatic carbocycles. The molecule has 5 heterocycles. The highest BCUT2D eigenvalue weighted by molar-refractivity contribution is 6.35. The van der Waals surface area contributed by atoms with Crippen LogP contribution in [-0.2, 0) is 4.79 Å². The molecule has 4 aromatic heterocycles. The van der Waals surface area contributed by atoms with Crippen LogP contribution < -0.4 is 5.43 Å². The number of nitrogens with zero attached hydrogens (tertiary/aromatic N) is 8. The molecule has 0 bridgehead atoms. The van der Waals surface area contributed by atoms with Gasteiger partial charge in [-0.25, -0.2) is 9.97 Å². The summed E-state index contributed by atoms with van der Waals surface area (Å²) in [7, 11) is 0. The second kappa shape index (κ2) is 9.12. The minimum absolute atomic E-state index is 0.00194. The Morgan fingerprint density at radius 3 is 2.80 bits per heavy atom. The Kier molecular flexibility index (Phi) is 5.84. The van der Waals surface area contributed by atoms with E-state index in [-0.39, 0.29) is 22.9 Å².